The van der Waals surface area contributed by atoms with Gasteiger partial charge in [-0.1, -0.05) is 6.92 Å². The first-order valence-electron chi connectivity index (χ1n) is 10.7. The SMILES string of the molecule is C[C@@H]1CC2(CC[C@@H]1Nc1ccc3c(C4CCC(=O)NC4=O)nn(C)c3c1)CNC2. The van der Waals surface area contributed by atoms with Crippen molar-refractivity contribution in [2.45, 2.75) is 51.0 Å². The van der Waals surface area contributed by atoms with Crippen molar-refractivity contribution in [1.82, 2.24) is 20.4 Å². The van der Waals surface area contributed by atoms with Crippen molar-refractivity contribution in [3.8, 4) is 0 Å². The number of aryl methyl sites for hydroxylation is 1. The van der Waals surface area contributed by atoms with E-state index in [9.17, 15) is 9.59 Å². The van der Waals surface area contributed by atoms with Gasteiger partial charge in [0, 0.05) is 43.7 Å². The topological polar surface area (TPSA) is 88.1 Å². The lowest BCUT2D eigenvalue weighted by Gasteiger charge is -2.50. The summed E-state index contributed by atoms with van der Waals surface area (Å²) < 4.78 is 1.85. The zero-order valence-electron chi connectivity index (χ0n) is 17.1. The molecule has 7 nitrogen and oxygen atoms in total. The summed E-state index contributed by atoms with van der Waals surface area (Å²) in [5.41, 5.74) is 3.43. The summed E-state index contributed by atoms with van der Waals surface area (Å²) in [5, 5.41) is 15.3. The molecule has 1 spiro atoms. The van der Waals surface area contributed by atoms with Crippen molar-refractivity contribution in [1.29, 1.82) is 0 Å². The number of imide groups is 1. The number of nitrogens with zero attached hydrogens (tertiary/aromatic N) is 2. The second-order valence-electron chi connectivity index (χ2n) is 9.32. The second kappa shape index (κ2) is 6.83. The fourth-order valence-electron chi connectivity index (χ4n) is 5.49. The van der Waals surface area contributed by atoms with Crippen LogP contribution >= 0.6 is 0 Å². The third-order valence-corrected chi connectivity index (χ3v) is 7.23. The van der Waals surface area contributed by atoms with E-state index in [1.54, 1.807) is 0 Å². The Morgan fingerprint density at radius 1 is 1.24 bits per heavy atom. The molecular formula is C22H29N5O2. The van der Waals surface area contributed by atoms with Crippen LogP contribution in [0.4, 0.5) is 5.69 Å². The third-order valence-electron chi connectivity index (χ3n) is 7.23. The van der Waals surface area contributed by atoms with Gasteiger partial charge in [0.25, 0.3) is 0 Å². The Morgan fingerprint density at radius 2 is 2.07 bits per heavy atom. The minimum absolute atomic E-state index is 0.195. The van der Waals surface area contributed by atoms with Crippen LogP contribution in [0.1, 0.15) is 50.6 Å². The number of aromatic nitrogens is 2. The standard InChI is InChI=1S/C22H29N5O2/c1-13-10-22(11-23-12-22)8-7-17(13)24-14-3-4-15-18(9-14)27(2)26-20(15)16-5-6-19(28)25-21(16)29/h3-4,9,13,16-17,23-24H,5-8,10-12H2,1-2H3,(H,25,28,29)/t13-,16?,17+/m1/s1. The fourth-order valence-corrected chi connectivity index (χ4v) is 5.49. The maximum absolute atomic E-state index is 12.3. The van der Waals surface area contributed by atoms with E-state index in [-0.39, 0.29) is 17.7 Å². The number of anilines is 1. The molecular weight excluding hydrogens is 366 g/mol. The molecule has 29 heavy (non-hydrogen) atoms. The molecule has 2 aliphatic heterocycles. The number of carbonyl (C=O) groups excluding carboxylic acids is 2. The van der Waals surface area contributed by atoms with Gasteiger partial charge in [0.15, 0.2) is 0 Å². The van der Waals surface area contributed by atoms with Crippen LogP contribution in [0.5, 0.6) is 0 Å². The highest BCUT2D eigenvalue weighted by Gasteiger charge is 2.43. The molecule has 7 heteroatoms. The van der Waals surface area contributed by atoms with E-state index in [4.69, 9.17) is 0 Å². The molecule has 0 radical (unpaired) electrons. The molecule has 2 amide bonds. The molecule has 5 rings (SSSR count). The highest BCUT2D eigenvalue weighted by Crippen LogP contribution is 2.43. The Hall–Kier alpha value is -2.41. The predicted molar refractivity (Wildman–Crippen MR) is 112 cm³/mol. The molecule has 1 aliphatic carbocycles. The van der Waals surface area contributed by atoms with Gasteiger partial charge in [0.05, 0.1) is 17.1 Å². The smallest absolute Gasteiger partial charge is 0.235 e. The normalized spacial score (nSPS) is 29.0. The molecule has 154 valence electrons. The van der Waals surface area contributed by atoms with Gasteiger partial charge in [-0.05, 0) is 55.2 Å². The van der Waals surface area contributed by atoms with Crippen LogP contribution in [-0.4, -0.2) is 40.7 Å². The minimum atomic E-state index is -0.360. The highest BCUT2D eigenvalue weighted by atomic mass is 16.2. The maximum Gasteiger partial charge on any atom is 0.235 e. The van der Waals surface area contributed by atoms with Crippen LogP contribution in [0, 0.1) is 11.3 Å². The van der Waals surface area contributed by atoms with Gasteiger partial charge in [-0.2, -0.15) is 5.10 Å². The van der Waals surface area contributed by atoms with Crippen LogP contribution in [-0.2, 0) is 16.6 Å². The van der Waals surface area contributed by atoms with Gasteiger partial charge in [0.2, 0.25) is 11.8 Å². The summed E-state index contributed by atoms with van der Waals surface area (Å²) >= 11 is 0. The van der Waals surface area contributed by atoms with E-state index in [1.807, 2.05) is 11.7 Å². The molecule has 3 atom stereocenters. The zero-order valence-corrected chi connectivity index (χ0v) is 17.1. The quantitative estimate of drug-likeness (QED) is 0.694. The minimum Gasteiger partial charge on any atom is -0.382 e. The van der Waals surface area contributed by atoms with Gasteiger partial charge in [-0.15, -0.1) is 0 Å². The lowest BCUT2D eigenvalue weighted by molar-refractivity contribution is -0.134. The van der Waals surface area contributed by atoms with Crippen molar-refractivity contribution < 1.29 is 9.59 Å². The molecule has 1 aromatic carbocycles. The van der Waals surface area contributed by atoms with Crippen LogP contribution in [0.25, 0.3) is 10.9 Å². The number of nitrogens with one attached hydrogen (secondary N) is 3. The third kappa shape index (κ3) is 3.21. The molecule has 1 aromatic heterocycles. The summed E-state index contributed by atoms with van der Waals surface area (Å²) in [6.07, 6.45) is 4.66. The maximum atomic E-state index is 12.3. The van der Waals surface area contributed by atoms with Gasteiger partial charge in [-0.25, -0.2) is 0 Å². The van der Waals surface area contributed by atoms with Gasteiger partial charge in [0.1, 0.15) is 0 Å². The number of amides is 2. The second-order valence-corrected chi connectivity index (χ2v) is 9.32. The van der Waals surface area contributed by atoms with Crippen molar-refractivity contribution in [3.63, 3.8) is 0 Å². The molecule has 1 unspecified atom stereocenters. The van der Waals surface area contributed by atoms with Crippen molar-refractivity contribution in [2.24, 2.45) is 18.4 Å². The average Bonchev–Trinajstić information content (AvgIpc) is 2.98. The molecule has 2 saturated heterocycles. The van der Waals surface area contributed by atoms with Gasteiger partial charge >= 0.3 is 0 Å². The van der Waals surface area contributed by atoms with E-state index < -0.39 is 0 Å². The number of benzene rings is 1. The number of piperidine rings is 1. The number of hydrogen-bond acceptors (Lipinski definition) is 5. The lowest BCUT2D eigenvalue weighted by Crippen LogP contribution is -2.57. The largest absolute Gasteiger partial charge is 0.382 e. The summed E-state index contributed by atoms with van der Waals surface area (Å²) in [6.45, 7) is 4.71. The van der Waals surface area contributed by atoms with E-state index in [0.717, 1.165) is 22.3 Å². The molecule has 1 saturated carbocycles. The fraction of sp³-hybridized carbons (Fsp3) is 0.591. The number of fused-ring (bicyclic) bond motifs is 1. The Labute approximate surface area is 170 Å². The van der Waals surface area contributed by atoms with Crippen LogP contribution in [0.15, 0.2) is 18.2 Å². The first kappa shape index (κ1) is 18.6. The van der Waals surface area contributed by atoms with Crippen molar-refractivity contribution in [2.75, 3.05) is 18.4 Å². The van der Waals surface area contributed by atoms with E-state index in [1.165, 1.54) is 32.4 Å². The zero-order chi connectivity index (χ0) is 20.2. The molecule has 3 heterocycles. The van der Waals surface area contributed by atoms with E-state index in [2.05, 4.69) is 46.2 Å². The van der Waals surface area contributed by atoms with Crippen molar-refractivity contribution in [3.05, 3.63) is 23.9 Å². The summed E-state index contributed by atoms with van der Waals surface area (Å²) in [7, 11) is 1.91. The molecule has 3 aliphatic rings. The lowest BCUT2D eigenvalue weighted by atomic mass is 9.65. The Bertz CT molecular complexity index is 977. The number of carbonyl (C=O) groups is 2. The van der Waals surface area contributed by atoms with Crippen LogP contribution in [0.2, 0.25) is 0 Å². The first-order chi connectivity index (χ1) is 13.9. The van der Waals surface area contributed by atoms with Crippen LogP contribution in [0.3, 0.4) is 0 Å². The highest BCUT2D eigenvalue weighted by molar-refractivity contribution is 6.02. The predicted octanol–water partition coefficient (Wildman–Crippen LogP) is 2.28. The number of hydrogen-bond donors (Lipinski definition) is 3. The Balaban J connectivity index is 1.36. The average molecular weight is 396 g/mol. The molecule has 3 fully saturated rings. The van der Waals surface area contributed by atoms with Gasteiger partial charge in [-0.3, -0.25) is 19.6 Å². The monoisotopic (exact) mass is 395 g/mol. The first-order valence-corrected chi connectivity index (χ1v) is 10.7. The Kier molecular flexibility index (Phi) is 4.38. The van der Waals surface area contributed by atoms with E-state index in [0.29, 0.717) is 30.2 Å². The molecule has 2 aromatic rings. The number of rotatable bonds is 3. The van der Waals surface area contributed by atoms with Crippen molar-refractivity contribution >= 4 is 28.4 Å². The Morgan fingerprint density at radius 3 is 2.76 bits per heavy atom. The van der Waals surface area contributed by atoms with Gasteiger partial charge < -0.3 is 10.6 Å². The summed E-state index contributed by atoms with van der Waals surface area (Å²) in [6, 6.07) is 6.79. The summed E-state index contributed by atoms with van der Waals surface area (Å²) in [4.78, 5) is 23.8. The summed E-state index contributed by atoms with van der Waals surface area (Å²) in [5.74, 6) is -0.147. The molecule has 0 bridgehead atoms. The molecule has 3 N–H and O–H groups in total. The van der Waals surface area contributed by atoms with E-state index >= 15 is 0 Å². The van der Waals surface area contributed by atoms with Crippen LogP contribution < -0.4 is 16.0 Å².